The lowest BCUT2D eigenvalue weighted by Crippen LogP contribution is -2.67. The van der Waals surface area contributed by atoms with Gasteiger partial charge in [0.1, 0.15) is 12.1 Å². The van der Waals surface area contributed by atoms with Crippen LogP contribution < -0.4 is 16.0 Å². The topological polar surface area (TPSA) is 90.5 Å². The molecule has 0 spiro atoms. The van der Waals surface area contributed by atoms with Crippen LogP contribution in [-0.4, -0.2) is 60.4 Å². The Morgan fingerprint density at radius 2 is 2.07 bits per heavy atom. The Morgan fingerprint density at radius 1 is 1.26 bits per heavy atom. The van der Waals surface area contributed by atoms with Gasteiger partial charge in [-0.05, 0) is 50.2 Å². The monoisotopic (exact) mass is 390 g/mol. The normalized spacial score (nSPS) is 29.2. The van der Waals surface area contributed by atoms with Crippen molar-refractivity contribution in [2.24, 2.45) is 5.92 Å². The second kappa shape index (κ2) is 7.98. The fraction of sp³-hybridized carbons (Fsp3) is 0.632. The second-order valence-corrected chi connectivity index (χ2v) is 8.68. The lowest BCUT2D eigenvalue weighted by atomic mass is 9.91. The van der Waals surface area contributed by atoms with Crippen molar-refractivity contribution in [3.05, 3.63) is 22.4 Å². The molecule has 8 heteroatoms. The average Bonchev–Trinajstić information content (AvgIpc) is 3.20. The number of carbonyl (C=O) groups is 3. The zero-order valence-corrected chi connectivity index (χ0v) is 16.1. The fourth-order valence-electron chi connectivity index (χ4n) is 4.31. The third-order valence-corrected chi connectivity index (χ3v) is 6.74. The van der Waals surface area contributed by atoms with Gasteiger partial charge in [-0.2, -0.15) is 0 Å². The average molecular weight is 391 g/mol. The van der Waals surface area contributed by atoms with E-state index in [0.29, 0.717) is 25.8 Å². The molecule has 1 aromatic heterocycles. The molecule has 1 aromatic rings. The summed E-state index contributed by atoms with van der Waals surface area (Å²) < 4.78 is 0. The van der Waals surface area contributed by atoms with Gasteiger partial charge in [0.2, 0.25) is 17.7 Å². The van der Waals surface area contributed by atoms with E-state index in [1.807, 2.05) is 17.5 Å². The number of nitrogens with zero attached hydrogens (tertiary/aromatic N) is 1. The third-order valence-electron chi connectivity index (χ3n) is 5.84. The highest BCUT2D eigenvalue weighted by molar-refractivity contribution is 7.09. The van der Waals surface area contributed by atoms with Gasteiger partial charge in [0.25, 0.3) is 0 Å². The molecule has 146 valence electrons. The van der Waals surface area contributed by atoms with Crippen molar-refractivity contribution in [1.29, 1.82) is 0 Å². The van der Waals surface area contributed by atoms with Gasteiger partial charge < -0.3 is 20.9 Å². The Bertz CT molecular complexity index is 702. The molecule has 0 radical (unpaired) electrons. The van der Waals surface area contributed by atoms with E-state index in [2.05, 4.69) is 16.0 Å². The standard InChI is InChI=1S/C19H26N4O3S/c24-17(12-3-6-20-7-4-12)21-13-5-8-23-16(10-13)18(25)22-15(19(23)26)11-14-2-1-9-27-14/h1-2,9,12-13,15-16,20H,3-8,10-11H2,(H,21,24)(H,22,25)/t13-,15-,16-/m0/s1. The molecule has 3 fully saturated rings. The minimum atomic E-state index is -0.478. The number of nitrogens with one attached hydrogen (secondary N) is 3. The van der Waals surface area contributed by atoms with Crippen LogP contribution in [0.25, 0.3) is 0 Å². The van der Waals surface area contributed by atoms with E-state index in [0.717, 1.165) is 30.8 Å². The van der Waals surface area contributed by atoms with Gasteiger partial charge in [0.15, 0.2) is 0 Å². The maximum atomic E-state index is 12.8. The highest BCUT2D eigenvalue weighted by atomic mass is 32.1. The van der Waals surface area contributed by atoms with Gasteiger partial charge in [0, 0.05) is 29.8 Å². The molecule has 0 aliphatic carbocycles. The van der Waals surface area contributed by atoms with Crippen molar-refractivity contribution in [3.8, 4) is 0 Å². The van der Waals surface area contributed by atoms with Crippen molar-refractivity contribution >= 4 is 29.1 Å². The number of hydrogen-bond acceptors (Lipinski definition) is 5. The molecule has 0 bridgehead atoms. The molecule has 4 heterocycles. The first kappa shape index (κ1) is 18.4. The van der Waals surface area contributed by atoms with Crippen molar-refractivity contribution in [2.45, 2.75) is 50.2 Å². The van der Waals surface area contributed by atoms with Crippen LogP contribution in [0.3, 0.4) is 0 Å². The van der Waals surface area contributed by atoms with Gasteiger partial charge in [-0.15, -0.1) is 11.3 Å². The van der Waals surface area contributed by atoms with Crippen LogP contribution in [0.4, 0.5) is 0 Å². The highest BCUT2D eigenvalue weighted by Crippen LogP contribution is 2.25. The van der Waals surface area contributed by atoms with Crippen LogP contribution in [0.5, 0.6) is 0 Å². The maximum Gasteiger partial charge on any atom is 0.246 e. The summed E-state index contributed by atoms with van der Waals surface area (Å²) in [6.07, 6.45) is 3.47. The zero-order chi connectivity index (χ0) is 18.8. The molecular weight excluding hydrogens is 364 g/mol. The Morgan fingerprint density at radius 3 is 2.81 bits per heavy atom. The van der Waals surface area contributed by atoms with Crippen LogP contribution in [0.15, 0.2) is 17.5 Å². The van der Waals surface area contributed by atoms with Crippen LogP contribution in [0.2, 0.25) is 0 Å². The molecule has 0 unspecified atom stereocenters. The number of hydrogen-bond donors (Lipinski definition) is 3. The third kappa shape index (κ3) is 4.01. The van der Waals surface area contributed by atoms with E-state index in [1.54, 1.807) is 16.2 Å². The summed E-state index contributed by atoms with van der Waals surface area (Å²) in [7, 11) is 0. The number of piperidine rings is 2. The summed E-state index contributed by atoms with van der Waals surface area (Å²) in [5, 5.41) is 11.3. The molecular formula is C19H26N4O3S. The summed E-state index contributed by atoms with van der Waals surface area (Å²) in [6, 6.07) is 2.95. The first-order valence-corrected chi connectivity index (χ1v) is 10.6. The number of carbonyl (C=O) groups excluding carboxylic acids is 3. The second-order valence-electron chi connectivity index (χ2n) is 7.65. The van der Waals surface area contributed by atoms with Crippen LogP contribution in [0.1, 0.15) is 30.6 Å². The molecule has 3 aliphatic rings. The molecule has 0 aromatic carbocycles. The maximum absolute atomic E-state index is 12.8. The molecule has 0 saturated carbocycles. The van der Waals surface area contributed by atoms with Gasteiger partial charge in [-0.25, -0.2) is 0 Å². The largest absolute Gasteiger partial charge is 0.353 e. The molecule has 27 heavy (non-hydrogen) atoms. The van der Waals surface area contributed by atoms with Gasteiger partial charge >= 0.3 is 0 Å². The van der Waals surface area contributed by atoms with E-state index in [1.165, 1.54) is 0 Å². The van der Waals surface area contributed by atoms with Crippen molar-refractivity contribution in [3.63, 3.8) is 0 Å². The van der Waals surface area contributed by atoms with E-state index in [4.69, 9.17) is 0 Å². The Kier molecular flexibility index (Phi) is 5.45. The SMILES string of the molecule is O=C(N[C@H]1CCN2C(=O)[C@H](Cc3cccs3)NC(=O)[C@@H]2C1)C1CCNCC1. The number of piperazine rings is 1. The molecule has 3 amide bonds. The van der Waals surface area contributed by atoms with Gasteiger partial charge in [0.05, 0.1) is 0 Å². The van der Waals surface area contributed by atoms with Crippen LogP contribution in [-0.2, 0) is 20.8 Å². The Labute approximate surface area is 162 Å². The molecule has 3 N–H and O–H groups in total. The number of thiophene rings is 1. The smallest absolute Gasteiger partial charge is 0.246 e. The number of rotatable bonds is 4. The predicted molar refractivity (Wildman–Crippen MR) is 102 cm³/mol. The molecule has 3 saturated heterocycles. The lowest BCUT2D eigenvalue weighted by molar-refractivity contribution is -0.151. The summed E-state index contributed by atoms with van der Waals surface area (Å²) >= 11 is 1.60. The number of fused-ring (bicyclic) bond motifs is 1. The highest BCUT2D eigenvalue weighted by Gasteiger charge is 2.44. The molecule has 3 atom stereocenters. The number of amides is 3. The molecule has 3 aliphatic heterocycles. The molecule has 4 rings (SSSR count). The van der Waals surface area contributed by atoms with E-state index >= 15 is 0 Å². The molecule has 7 nitrogen and oxygen atoms in total. The predicted octanol–water partition coefficient (Wildman–Crippen LogP) is 0.264. The minimum Gasteiger partial charge on any atom is -0.353 e. The van der Waals surface area contributed by atoms with Crippen molar-refractivity contribution < 1.29 is 14.4 Å². The summed E-state index contributed by atoms with van der Waals surface area (Å²) in [6.45, 7) is 2.28. The Balaban J connectivity index is 1.35. The zero-order valence-electron chi connectivity index (χ0n) is 15.3. The first-order chi connectivity index (χ1) is 13.1. The van der Waals surface area contributed by atoms with E-state index in [-0.39, 0.29) is 29.7 Å². The first-order valence-electron chi connectivity index (χ1n) is 9.76. The minimum absolute atomic E-state index is 0.00358. The fourth-order valence-corrected chi connectivity index (χ4v) is 5.06. The van der Waals surface area contributed by atoms with Crippen molar-refractivity contribution in [1.82, 2.24) is 20.9 Å². The van der Waals surface area contributed by atoms with Crippen molar-refractivity contribution in [2.75, 3.05) is 19.6 Å². The van der Waals surface area contributed by atoms with Crippen LogP contribution in [0, 0.1) is 5.92 Å². The summed E-state index contributed by atoms with van der Waals surface area (Å²) in [5.74, 6) is 0.0439. The van der Waals surface area contributed by atoms with Crippen LogP contribution >= 0.6 is 11.3 Å². The lowest BCUT2D eigenvalue weighted by Gasteiger charge is -2.44. The van der Waals surface area contributed by atoms with E-state index in [9.17, 15) is 14.4 Å². The van der Waals surface area contributed by atoms with Gasteiger partial charge in [-0.1, -0.05) is 6.07 Å². The quantitative estimate of drug-likeness (QED) is 0.688. The summed E-state index contributed by atoms with van der Waals surface area (Å²) in [4.78, 5) is 40.7. The van der Waals surface area contributed by atoms with E-state index < -0.39 is 12.1 Å². The van der Waals surface area contributed by atoms with Gasteiger partial charge in [-0.3, -0.25) is 14.4 Å². The summed E-state index contributed by atoms with van der Waals surface area (Å²) in [5.41, 5.74) is 0. The Hall–Kier alpha value is -1.93.